The fourth-order valence-corrected chi connectivity index (χ4v) is 3.46. The second kappa shape index (κ2) is 6.97. The average molecular weight is 385 g/mol. The van der Waals surface area contributed by atoms with Gasteiger partial charge in [0.1, 0.15) is 11.9 Å². The largest absolute Gasteiger partial charge is 0.368 e. The second-order valence-corrected chi connectivity index (χ2v) is 6.60. The van der Waals surface area contributed by atoms with Crippen LogP contribution in [0.3, 0.4) is 0 Å². The van der Waals surface area contributed by atoms with Crippen LogP contribution in [0.5, 0.6) is 0 Å². The summed E-state index contributed by atoms with van der Waals surface area (Å²) in [6, 6.07) is 4.03. The predicted octanol–water partition coefficient (Wildman–Crippen LogP) is 2.05. The van der Waals surface area contributed by atoms with Crippen molar-refractivity contribution in [3.05, 3.63) is 34.1 Å². The van der Waals surface area contributed by atoms with E-state index in [4.69, 9.17) is 4.74 Å². The average Bonchev–Trinajstić information content (AvgIpc) is 3.08. The lowest BCUT2D eigenvalue weighted by molar-refractivity contribution is -0.142. The quantitative estimate of drug-likeness (QED) is 0.783. The summed E-state index contributed by atoms with van der Waals surface area (Å²) < 4.78 is 19.0. The van der Waals surface area contributed by atoms with Gasteiger partial charge in [-0.2, -0.15) is 0 Å². The first-order chi connectivity index (χ1) is 11.1. The van der Waals surface area contributed by atoms with Gasteiger partial charge in [-0.25, -0.2) is 4.39 Å². The van der Waals surface area contributed by atoms with Gasteiger partial charge in [0.05, 0.1) is 5.56 Å². The molecule has 0 aliphatic carbocycles. The number of hydrogen-bond acceptors (Lipinski definition) is 3. The zero-order chi connectivity index (χ0) is 16.4. The Morgan fingerprint density at radius 1 is 1.17 bits per heavy atom. The van der Waals surface area contributed by atoms with Gasteiger partial charge in [-0.3, -0.25) is 9.59 Å². The summed E-state index contributed by atoms with van der Waals surface area (Å²) in [5, 5.41) is 0. The Kier molecular flexibility index (Phi) is 4.96. The minimum atomic E-state index is -0.389. The van der Waals surface area contributed by atoms with Crippen LogP contribution in [-0.2, 0) is 9.53 Å². The van der Waals surface area contributed by atoms with Crippen molar-refractivity contribution in [2.75, 3.05) is 32.8 Å². The van der Waals surface area contributed by atoms with Crippen LogP contribution in [0.15, 0.2) is 22.7 Å². The Hall–Kier alpha value is -1.47. The minimum Gasteiger partial charge on any atom is -0.368 e. The van der Waals surface area contributed by atoms with Crippen molar-refractivity contribution >= 4 is 27.7 Å². The van der Waals surface area contributed by atoms with Crippen LogP contribution >= 0.6 is 15.9 Å². The molecule has 2 aliphatic rings. The third kappa shape index (κ3) is 3.55. The molecule has 1 aromatic carbocycles. The molecule has 1 atom stereocenters. The Balaban J connectivity index is 1.60. The van der Waals surface area contributed by atoms with Crippen molar-refractivity contribution in [2.45, 2.75) is 18.9 Å². The zero-order valence-electron chi connectivity index (χ0n) is 12.6. The number of ether oxygens (including phenoxy) is 1. The molecule has 2 heterocycles. The van der Waals surface area contributed by atoms with Crippen LogP contribution in [0, 0.1) is 5.82 Å². The highest BCUT2D eigenvalue weighted by atomic mass is 79.9. The maximum absolute atomic E-state index is 13.1. The number of halogens is 2. The molecule has 124 valence electrons. The van der Waals surface area contributed by atoms with E-state index >= 15 is 0 Å². The van der Waals surface area contributed by atoms with Gasteiger partial charge < -0.3 is 14.5 Å². The molecule has 2 fully saturated rings. The maximum Gasteiger partial charge on any atom is 0.255 e. The molecular weight excluding hydrogens is 367 g/mol. The summed E-state index contributed by atoms with van der Waals surface area (Å²) in [6.45, 7) is 2.60. The van der Waals surface area contributed by atoms with Crippen molar-refractivity contribution in [2.24, 2.45) is 0 Å². The molecule has 1 aromatic rings. The Morgan fingerprint density at radius 3 is 2.48 bits per heavy atom. The molecule has 1 unspecified atom stereocenters. The third-order valence-corrected chi connectivity index (χ3v) is 4.90. The first-order valence-corrected chi connectivity index (χ1v) is 8.50. The summed E-state index contributed by atoms with van der Waals surface area (Å²) in [7, 11) is 0. The fraction of sp³-hybridized carbons (Fsp3) is 0.500. The van der Waals surface area contributed by atoms with E-state index in [0.29, 0.717) is 42.8 Å². The fourth-order valence-electron chi connectivity index (χ4n) is 2.94. The highest BCUT2D eigenvalue weighted by molar-refractivity contribution is 9.10. The first kappa shape index (κ1) is 16.4. The van der Waals surface area contributed by atoms with Crippen LogP contribution < -0.4 is 0 Å². The topological polar surface area (TPSA) is 49.9 Å². The van der Waals surface area contributed by atoms with Gasteiger partial charge in [-0.05, 0) is 47.0 Å². The van der Waals surface area contributed by atoms with Crippen LogP contribution in [0.25, 0.3) is 0 Å². The molecular formula is C16H18BrFN2O3. The SMILES string of the molecule is O=C(c1ccc(F)cc1Br)N1CCN(C(=O)C2CCCO2)CC1. The highest BCUT2D eigenvalue weighted by Crippen LogP contribution is 2.21. The standard InChI is InChI=1S/C16H18BrFN2O3/c17-13-10-11(18)3-4-12(13)15(21)19-5-7-20(8-6-19)16(22)14-2-1-9-23-14/h3-4,10,14H,1-2,5-9H2. The smallest absolute Gasteiger partial charge is 0.255 e. The van der Waals surface area contributed by atoms with E-state index < -0.39 is 0 Å². The molecule has 7 heteroatoms. The molecule has 5 nitrogen and oxygen atoms in total. The van der Waals surface area contributed by atoms with Crippen molar-refractivity contribution in [1.82, 2.24) is 9.80 Å². The third-order valence-electron chi connectivity index (χ3n) is 4.25. The van der Waals surface area contributed by atoms with Crippen molar-refractivity contribution in [3.8, 4) is 0 Å². The summed E-state index contributed by atoms with van der Waals surface area (Å²) in [4.78, 5) is 28.3. The lowest BCUT2D eigenvalue weighted by Gasteiger charge is -2.35. The van der Waals surface area contributed by atoms with Gasteiger partial charge in [0.25, 0.3) is 11.8 Å². The van der Waals surface area contributed by atoms with E-state index in [1.807, 2.05) is 0 Å². The molecule has 2 amide bonds. The normalized spacial score (nSPS) is 21.6. The molecule has 2 aliphatic heterocycles. The van der Waals surface area contributed by atoms with E-state index in [-0.39, 0.29) is 23.7 Å². The maximum atomic E-state index is 13.1. The van der Waals surface area contributed by atoms with E-state index in [2.05, 4.69) is 15.9 Å². The number of rotatable bonds is 2. The molecule has 0 N–H and O–H groups in total. The van der Waals surface area contributed by atoms with Crippen molar-refractivity contribution in [3.63, 3.8) is 0 Å². The molecule has 0 aromatic heterocycles. The lowest BCUT2D eigenvalue weighted by atomic mass is 10.1. The molecule has 23 heavy (non-hydrogen) atoms. The Labute approximate surface area is 142 Å². The van der Waals surface area contributed by atoms with E-state index in [1.54, 1.807) is 9.80 Å². The minimum absolute atomic E-state index is 0.0255. The van der Waals surface area contributed by atoms with E-state index in [1.165, 1.54) is 18.2 Å². The number of nitrogens with zero attached hydrogens (tertiary/aromatic N) is 2. The number of carbonyl (C=O) groups excluding carboxylic acids is 2. The molecule has 0 spiro atoms. The lowest BCUT2D eigenvalue weighted by Crippen LogP contribution is -2.52. The Morgan fingerprint density at radius 2 is 1.87 bits per heavy atom. The molecule has 0 radical (unpaired) electrons. The second-order valence-electron chi connectivity index (χ2n) is 5.74. The van der Waals surface area contributed by atoms with Gasteiger partial charge in [0.2, 0.25) is 0 Å². The highest BCUT2D eigenvalue weighted by Gasteiger charge is 2.31. The van der Waals surface area contributed by atoms with E-state index in [9.17, 15) is 14.0 Å². The number of benzene rings is 1. The van der Waals surface area contributed by atoms with Gasteiger partial charge in [0, 0.05) is 37.3 Å². The number of carbonyl (C=O) groups is 2. The molecule has 3 rings (SSSR count). The van der Waals surface area contributed by atoms with E-state index in [0.717, 1.165) is 12.8 Å². The van der Waals surface area contributed by atoms with Gasteiger partial charge in [-0.15, -0.1) is 0 Å². The van der Waals surface area contributed by atoms with Crippen molar-refractivity contribution < 1.29 is 18.7 Å². The number of amides is 2. The van der Waals surface area contributed by atoms with Gasteiger partial charge in [0.15, 0.2) is 0 Å². The van der Waals surface area contributed by atoms with Crippen LogP contribution in [-0.4, -0.2) is 60.5 Å². The Bertz CT molecular complexity index is 611. The summed E-state index contributed by atoms with van der Waals surface area (Å²) >= 11 is 3.23. The zero-order valence-corrected chi connectivity index (χ0v) is 14.2. The number of piperazine rings is 1. The van der Waals surface area contributed by atoms with Crippen LogP contribution in [0.2, 0.25) is 0 Å². The van der Waals surface area contributed by atoms with Crippen LogP contribution in [0.1, 0.15) is 23.2 Å². The molecule has 2 saturated heterocycles. The molecule has 0 bridgehead atoms. The number of hydrogen-bond donors (Lipinski definition) is 0. The van der Waals surface area contributed by atoms with Crippen LogP contribution in [0.4, 0.5) is 4.39 Å². The first-order valence-electron chi connectivity index (χ1n) is 7.71. The monoisotopic (exact) mass is 384 g/mol. The van der Waals surface area contributed by atoms with Gasteiger partial charge in [-0.1, -0.05) is 0 Å². The summed E-state index contributed by atoms with van der Waals surface area (Å²) in [5.74, 6) is -0.515. The van der Waals surface area contributed by atoms with Gasteiger partial charge >= 0.3 is 0 Å². The summed E-state index contributed by atoms with van der Waals surface area (Å²) in [6.07, 6.45) is 1.39. The van der Waals surface area contributed by atoms with Crippen molar-refractivity contribution in [1.29, 1.82) is 0 Å². The molecule has 0 saturated carbocycles. The predicted molar refractivity (Wildman–Crippen MR) is 85.6 cm³/mol. The summed E-state index contributed by atoms with van der Waals surface area (Å²) in [5.41, 5.74) is 0.435.